The van der Waals surface area contributed by atoms with Gasteiger partial charge < -0.3 is 9.33 Å². The average Bonchev–Trinajstić information content (AvgIpc) is 2.53. The summed E-state index contributed by atoms with van der Waals surface area (Å²) >= 11 is 0. The van der Waals surface area contributed by atoms with Crippen LogP contribution in [0.15, 0.2) is 24.3 Å². The predicted molar refractivity (Wildman–Crippen MR) is 105 cm³/mol. The van der Waals surface area contributed by atoms with Crippen molar-refractivity contribution in [2.75, 3.05) is 0 Å². The zero-order valence-electron chi connectivity index (χ0n) is 16.7. The van der Waals surface area contributed by atoms with Gasteiger partial charge in [-0.15, -0.1) is 0 Å². The van der Waals surface area contributed by atoms with E-state index in [0.717, 1.165) is 31.2 Å². The Morgan fingerprint density at radius 2 is 1.81 bits per heavy atom. The van der Waals surface area contributed by atoms with Crippen molar-refractivity contribution >= 4 is 14.2 Å². The maximum atomic E-state index is 13.4. The van der Waals surface area contributed by atoms with E-state index in [1.54, 1.807) is 0 Å². The van der Waals surface area contributed by atoms with Crippen molar-refractivity contribution in [2.45, 2.75) is 89.2 Å². The second-order valence-corrected chi connectivity index (χ2v) is 14.1. The first-order chi connectivity index (χ1) is 12.1. The molecule has 0 spiro atoms. The molecule has 0 bridgehead atoms. The van der Waals surface area contributed by atoms with E-state index < -0.39 is 8.32 Å². The van der Waals surface area contributed by atoms with Gasteiger partial charge in [0.25, 0.3) is 0 Å². The molecule has 3 nitrogen and oxygen atoms in total. The highest BCUT2D eigenvalue weighted by Crippen LogP contribution is 2.44. The molecule has 0 aromatic heterocycles. The van der Waals surface area contributed by atoms with Crippen molar-refractivity contribution in [2.24, 2.45) is 0 Å². The van der Waals surface area contributed by atoms with Gasteiger partial charge in [0.2, 0.25) is 5.91 Å². The van der Waals surface area contributed by atoms with Crippen molar-refractivity contribution in [1.29, 1.82) is 0 Å². The molecule has 0 N–H and O–H groups in total. The molecule has 3 atom stereocenters. The third-order valence-electron chi connectivity index (χ3n) is 6.49. The Bertz CT molecular complexity index is 653. The van der Waals surface area contributed by atoms with Crippen LogP contribution in [-0.2, 0) is 9.22 Å². The van der Waals surface area contributed by atoms with E-state index in [9.17, 15) is 9.18 Å². The van der Waals surface area contributed by atoms with Crippen LogP contribution in [-0.4, -0.2) is 31.3 Å². The number of hydrogen-bond donors (Lipinski definition) is 0. The van der Waals surface area contributed by atoms with E-state index in [2.05, 4.69) is 38.8 Å². The van der Waals surface area contributed by atoms with Crippen LogP contribution in [0.4, 0.5) is 4.39 Å². The SMILES string of the molecule is CC(C)(C)[Si](C)(C)OC1CC2CCCC(=O)N2C(c2ccc(F)cc2)C1. The maximum absolute atomic E-state index is 13.4. The van der Waals surface area contributed by atoms with Crippen LogP contribution in [0.2, 0.25) is 18.1 Å². The average molecular weight is 378 g/mol. The lowest BCUT2D eigenvalue weighted by molar-refractivity contribution is -0.144. The molecule has 1 amide bonds. The van der Waals surface area contributed by atoms with Gasteiger partial charge in [0.1, 0.15) is 5.82 Å². The zero-order chi connectivity index (χ0) is 19.1. The summed E-state index contributed by atoms with van der Waals surface area (Å²) in [6.07, 6.45) is 4.53. The Morgan fingerprint density at radius 1 is 1.15 bits per heavy atom. The summed E-state index contributed by atoms with van der Waals surface area (Å²) < 4.78 is 20.1. The maximum Gasteiger partial charge on any atom is 0.223 e. The third kappa shape index (κ3) is 3.89. The van der Waals surface area contributed by atoms with E-state index >= 15 is 0 Å². The van der Waals surface area contributed by atoms with Gasteiger partial charge in [-0.1, -0.05) is 32.9 Å². The van der Waals surface area contributed by atoms with Gasteiger partial charge >= 0.3 is 0 Å². The van der Waals surface area contributed by atoms with Crippen LogP contribution in [0.25, 0.3) is 0 Å². The fourth-order valence-corrected chi connectivity index (χ4v) is 5.43. The van der Waals surface area contributed by atoms with Crippen LogP contribution in [0, 0.1) is 5.82 Å². The number of amides is 1. The molecule has 26 heavy (non-hydrogen) atoms. The lowest BCUT2D eigenvalue weighted by Crippen LogP contribution is -2.54. The highest BCUT2D eigenvalue weighted by atomic mass is 28.4. The fraction of sp³-hybridized carbons (Fsp3) is 0.667. The minimum absolute atomic E-state index is 0.00285. The number of fused-ring (bicyclic) bond motifs is 1. The van der Waals surface area contributed by atoms with Gasteiger partial charge in [0.05, 0.1) is 6.04 Å². The van der Waals surface area contributed by atoms with Crippen molar-refractivity contribution < 1.29 is 13.6 Å². The number of piperidine rings is 2. The van der Waals surface area contributed by atoms with E-state index in [1.165, 1.54) is 12.1 Å². The molecule has 2 aliphatic heterocycles. The first-order valence-corrected chi connectivity index (χ1v) is 12.7. The standard InChI is InChI=1S/C21H32FNO2Si/c1-21(2,3)26(4,5)25-18-13-17-7-6-8-20(24)23(17)19(14-18)15-9-11-16(22)12-10-15/h9-12,17-19H,6-8,13-14H2,1-5H3. The monoisotopic (exact) mass is 377 g/mol. The van der Waals surface area contributed by atoms with E-state index in [1.807, 2.05) is 12.1 Å². The van der Waals surface area contributed by atoms with Gasteiger partial charge in [0, 0.05) is 18.6 Å². The first-order valence-electron chi connectivity index (χ1n) is 9.83. The Morgan fingerprint density at radius 3 is 2.42 bits per heavy atom. The second-order valence-electron chi connectivity index (χ2n) is 9.39. The van der Waals surface area contributed by atoms with E-state index in [0.29, 0.717) is 6.42 Å². The predicted octanol–water partition coefficient (Wildman–Crippen LogP) is 5.43. The zero-order valence-corrected chi connectivity index (χ0v) is 17.7. The second kappa shape index (κ2) is 7.08. The molecule has 2 aliphatic rings. The molecule has 3 unspecified atom stereocenters. The number of nitrogens with zero attached hydrogens (tertiary/aromatic N) is 1. The largest absolute Gasteiger partial charge is 0.414 e. The smallest absolute Gasteiger partial charge is 0.223 e. The van der Waals surface area contributed by atoms with Crippen molar-refractivity contribution in [3.8, 4) is 0 Å². The number of hydrogen-bond acceptors (Lipinski definition) is 2. The van der Waals surface area contributed by atoms with Crippen molar-refractivity contribution in [1.82, 2.24) is 4.90 Å². The van der Waals surface area contributed by atoms with Gasteiger partial charge in [-0.05, 0) is 61.5 Å². The molecular formula is C21H32FNO2Si. The summed E-state index contributed by atoms with van der Waals surface area (Å²) in [6.45, 7) is 11.4. The van der Waals surface area contributed by atoms with Crippen LogP contribution in [0.3, 0.4) is 0 Å². The van der Waals surface area contributed by atoms with E-state index in [4.69, 9.17) is 4.43 Å². The summed E-state index contributed by atoms with van der Waals surface area (Å²) in [5, 5.41) is 0.165. The van der Waals surface area contributed by atoms with Gasteiger partial charge in [-0.2, -0.15) is 0 Å². The summed E-state index contributed by atoms with van der Waals surface area (Å²) in [5.41, 5.74) is 1.02. The Balaban J connectivity index is 1.87. The summed E-state index contributed by atoms with van der Waals surface area (Å²) in [6, 6.07) is 6.89. The van der Waals surface area contributed by atoms with Gasteiger partial charge in [-0.3, -0.25) is 4.79 Å². The van der Waals surface area contributed by atoms with E-state index in [-0.39, 0.29) is 35.0 Å². The lowest BCUT2D eigenvalue weighted by Gasteiger charge is -2.50. The molecule has 2 saturated heterocycles. The normalized spacial score (nSPS) is 27.4. The van der Waals surface area contributed by atoms with Crippen molar-refractivity contribution in [3.05, 3.63) is 35.6 Å². The highest BCUT2D eigenvalue weighted by Gasteiger charge is 2.45. The van der Waals surface area contributed by atoms with Crippen LogP contribution >= 0.6 is 0 Å². The summed E-state index contributed by atoms with van der Waals surface area (Å²) in [7, 11) is -1.87. The third-order valence-corrected chi connectivity index (χ3v) is 11.0. The fourth-order valence-electron chi connectivity index (χ4n) is 4.05. The van der Waals surface area contributed by atoms with Gasteiger partial charge in [-0.25, -0.2) is 4.39 Å². The topological polar surface area (TPSA) is 29.5 Å². The van der Waals surface area contributed by atoms with Crippen molar-refractivity contribution in [3.63, 3.8) is 0 Å². The number of rotatable bonds is 3. The molecule has 2 fully saturated rings. The molecule has 0 radical (unpaired) electrons. The number of halogens is 1. The molecule has 0 aliphatic carbocycles. The highest BCUT2D eigenvalue weighted by molar-refractivity contribution is 6.74. The van der Waals surface area contributed by atoms with Crippen LogP contribution in [0.1, 0.15) is 64.5 Å². The Kier molecular flexibility index (Phi) is 5.32. The summed E-state index contributed by atoms with van der Waals surface area (Å²) in [5.74, 6) is 0.00139. The molecule has 1 aromatic carbocycles. The molecule has 3 rings (SSSR count). The molecule has 1 aromatic rings. The summed E-state index contributed by atoms with van der Waals surface area (Å²) in [4.78, 5) is 14.7. The van der Waals surface area contributed by atoms with Crippen LogP contribution < -0.4 is 0 Å². The minimum atomic E-state index is -1.87. The molecule has 144 valence electrons. The van der Waals surface area contributed by atoms with Crippen LogP contribution in [0.5, 0.6) is 0 Å². The molecule has 2 heterocycles. The number of benzene rings is 1. The Hall–Kier alpha value is -1.20. The molecular weight excluding hydrogens is 345 g/mol. The quantitative estimate of drug-likeness (QED) is 0.657. The minimum Gasteiger partial charge on any atom is -0.414 e. The van der Waals surface area contributed by atoms with Gasteiger partial charge in [0.15, 0.2) is 8.32 Å². The number of carbonyl (C=O) groups excluding carboxylic acids is 1. The molecule has 0 saturated carbocycles. The lowest BCUT2D eigenvalue weighted by atomic mass is 9.84. The first kappa shape index (κ1) is 19.6. The number of carbonyl (C=O) groups is 1. The Labute approximate surface area is 158 Å². The molecule has 5 heteroatoms.